The fraction of sp³-hybridized carbons (Fsp3) is 0.346. The van der Waals surface area contributed by atoms with Crippen molar-refractivity contribution in [3.63, 3.8) is 0 Å². The van der Waals surface area contributed by atoms with Crippen molar-refractivity contribution in [2.24, 2.45) is 0 Å². The lowest BCUT2D eigenvalue weighted by molar-refractivity contribution is -0.128. The fourth-order valence-corrected chi connectivity index (χ4v) is 4.94. The second-order valence-electron chi connectivity index (χ2n) is 8.89. The highest BCUT2D eigenvalue weighted by Crippen LogP contribution is 2.36. The van der Waals surface area contributed by atoms with Crippen LogP contribution < -0.4 is 15.4 Å². The van der Waals surface area contributed by atoms with Crippen LogP contribution in [0.25, 0.3) is 10.9 Å². The molecule has 2 unspecified atom stereocenters. The third-order valence-corrected chi connectivity index (χ3v) is 6.70. The Bertz CT molecular complexity index is 1240. The topological polar surface area (TPSA) is 104 Å². The largest absolute Gasteiger partial charge is 0.497 e. The minimum absolute atomic E-state index is 0.0990. The first-order valence-corrected chi connectivity index (χ1v) is 11.7. The summed E-state index contributed by atoms with van der Waals surface area (Å²) in [5.41, 5.74) is 4.18. The number of fused-ring (bicyclic) bond motifs is 3. The highest BCUT2D eigenvalue weighted by Gasteiger charge is 2.38. The van der Waals surface area contributed by atoms with Gasteiger partial charge in [-0.05, 0) is 55.0 Å². The SMILES string of the molecule is COc1ccc2[nH]c3c(c2c1)CCCC3NC(=O)CCC1NC(=O)N(Cc2ccccc2)C1=O. The van der Waals surface area contributed by atoms with Crippen LogP contribution in [0.4, 0.5) is 4.79 Å². The number of benzene rings is 2. The van der Waals surface area contributed by atoms with Crippen molar-refractivity contribution in [2.75, 3.05) is 7.11 Å². The first-order valence-electron chi connectivity index (χ1n) is 11.7. The predicted octanol–water partition coefficient (Wildman–Crippen LogP) is 3.57. The number of aryl methyl sites for hydroxylation is 1. The van der Waals surface area contributed by atoms with Gasteiger partial charge >= 0.3 is 6.03 Å². The molecule has 8 heteroatoms. The molecule has 0 bridgehead atoms. The van der Waals surface area contributed by atoms with Gasteiger partial charge in [-0.15, -0.1) is 0 Å². The van der Waals surface area contributed by atoms with Gasteiger partial charge in [0.25, 0.3) is 5.91 Å². The number of nitrogens with one attached hydrogen (secondary N) is 3. The Hall–Kier alpha value is -3.81. The van der Waals surface area contributed by atoms with E-state index in [-0.39, 0.29) is 37.2 Å². The second-order valence-corrected chi connectivity index (χ2v) is 8.89. The van der Waals surface area contributed by atoms with E-state index in [0.29, 0.717) is 0 Å². The van der Waals surface area contributed by atoms with Gasteiger partial charge in [0.2, 0.25) is 5.91 Å². The average Bonchev–Trinajstić information content (AvgIpc) is 3.36. The summed E-state index contributed by atoms with van der Waals surface area (Å²) in [6.45, 7) is 0.226. The maximum atomic E-state index is 12.8. The number of carbonyl (C=O) groups is 3. The van der Waals surface area contributed by atoms with Gasteiger partial charge in [0.05, 0.1) is 19.7 Å². The molecule has 2 aromatic carbocycles. The monoisotopic (exact) mass is 460 g/mol. The van der Waals surface area contributed by atoms with Crippen molar-refractivity contribution >= 4 is 28.7 Å². The highest BCUT2D eigenvalue weighted by atomic mass is 16.5. The molecule has 176 valence electrons. The molecule has 0 spiro atoms. The molecule has 34 heavy (non-hydrogen) atoms. The van der Waals surface area contributed by atoms with Crippen LogP contribution in [-0.4, -0.2) is 40.9 Å². The van der Waals surface area contributed by atoms with Crippen LogP contribution >= 0.6 is 0 Å². The molecule has 5 rings (SSSR count). The number of nitrogens with zero attached hydrogens (tertiary/aromatic N) is 1. The first-order chi connectivity index (χ1) is 16.5. The molecule has 1 aliphatic carbocycles. The van der Waals surface area contributed by atoms with E-state index in [0.717, 1.165) is 47.2 Å². The van der Waals surface area contributed by atoms with E-state index in [2.05, 4.69) is 15.6 Å². The number of ether oxygens (including phenoxy) is 1. The minimum atomic E-state index is -0.676. The lowest BCUT2D eigenvalue weighted by atomic mass is 9.91. The normalized spacial score (nSPS) is 19.7. The molecule has 1 aromatic heterocycles. The maximum Gasteiger partial charge on any atom is 0.325 e. The molecular weight excluding hydrogens is 432 g/mol. The minimum Gasteiger partial charge on any atom is -0.497 e. The van der Waals surface area contributed by atoms with Crippen LogP contribution in [0.3, 0.4) is 0 Å². The van der Waals surface area contributed by atoms with Gasteiger partial charge in [-0.3, -0.25) is 14.5 Å². The van der Waals surface area contributed by atoms with Crippen LogP contribution in [0.5, 0.6) is 5.75 Å². The number of methoxy groups -OCH3 is 1. The molecule has 1 saturated heterocycles. The van der Waals surface area contributed by atoms with Crippen molar-refractivity contribution in [2.45, 2.75) is 50.7 Å². The zero-order chi connectivity index (χ0) is 23.7. The standard InChI is InChI=1S/C26H28N4O4/c1-34-17-10-11-20-19(14-17)18-8-5-9-21(24(18)28-20)27-23(31)13-12-22-25(32)30(26(33)29-22)15-16-6-3-2-4-7-16/h2-4,6-7,10-11,14,21-22,28H,5,8-9,12-13,15H2,1H3,(H,27,31)(H,29,33). The summed E-state index contributed by atoms with van der Waals surface area (Å²) >= 11 is 0. The Labute approximate surface area is 197 Å². The molecule has 0 radical (unpaired) electrons. The quantitative estimate of drug-likeness (QED) is 0.469. The summed E-state index contributed by atoms with van der Waals surface area (Å²) in [4.78, 5) is 42.5. The average molecular weight is 461 g/mol. The number of carbonyl (C=O) groups excluding carboxylic acids is 3. The van der Waals surface area contributed by atoms with Crippen LogP contribution in [0.15, 0.2) is 48.5 Å². The number of rotatable bonds is 7. The van der Waals surface area contributed by atoms with Crippen LogP contribution in [0.1, 0.15) is 48.5 Å². The summed E-state index contributed by atoms with van der Waals surface area (Å²) in [6, 6.07) is 14.1. The third-order valence-electron chi connectivity index (χ3n) is 6.70. The van der Waals surface area contributed by atoms with E-state index in [9.17, 15) is 14.4 Å². The lowest BCUT2D eigenvalue weighted by Gasteiger charge is -2.24. The van der Waals surface area contributed by atoms with Gasteiger partial charge in [0.1, 0.15) is 11.8 Å². The van der Waals surface area contributed by atoms with E-state index < -0.39 is 12.1 Å². The molecule has 0 saturated carbocycles. The summed E-state index contributed by atoms with van der Waals surface area (Å²) in [5, 5.41) is 6.97. The number of urea groups is 1. The van der Waals surface area contributed by atoms with Gasteiger partial charge in [-0.1, -0.05) is 30.3 Å². The number of hydrogen-bond donors (Lipinski definition) is 3. The van der Waals surface area contributed by atoms with Gasteiger partial charge in [-0.25, -0.2) is 4.79 Å². The van der Waals surface area contributed by atoms with Crippen molar-refractivity contribution in [1.82, 2.24) is 20.5 Å². The second kappa shape index (κ2) is 9.21. The Balaban J connectivity index is 1.20. The van der Waals surface area contributed by atoms with Crippen LogP contribution in [0, 0.1) is 0 Å². The smallest absolute Gasteiger partial charge is 0.325 e. The fourth-order valence-electron chi connectivity index (χ4n) is 4.94. The zero-order valence-electron chi connectivity index (χ0n) is 19.1. The highest BCUT2D eigenvalue weighted by molar-refractivity contribution is 6.04. The zero-order valence-corrected chi connectivity index (χ0v) is 19.1. The molecular formula is C26H28N4O4. The molecule has 3 aromatic rings. The number of aromatic amines is 1. The third kappa shape index (κ3) is 4.23. The number of H-pyrrole nitrogens is 1. The summed E-state index contributed by atoms with van der Waals surface area (Å²) in [7, 11) is 1.65. The number of amides is 4. The number of hydrogen-bond acceptors (Lipinski definition) is 4. The van der Waals surface area contributed by atoms with E-state index in [4.69, 9.17) is 4.74 Å². The molecule has 4 amide bonds. The molecule has 2 aliphatic rings. The molecule has 2 heterocycles. The van der Waals surface area contributed by atoms with Crippen molar-refractivity contribution < 1.29 is 19.1 Å². The van der Waals surface area contributed by atoms with E-state index in [1.54, 1.807) is 7.11 Å². The van der Waals surface area contributed by atoms with E-state index in [1.165, 1.54) is 10.5 Å². The van der Waals surface area contributed by atoms with Crippen molar-refractivity contribution in [3.8, 4) is 5.75 Å². The first kappa shape index (κ1) is 22.0. The van der Waals surface area contributed by atoms with Gasteiger partial charge in [-0.2, -0.15) is 0 Å². The lowest BCUT2D eigenvalue weighted by Crippen LogP contribution is -2.34. The molecule has 8 nitrogen and oxygen atoms in total. The van der Waals surface area contributed by atoms with Gasteiger partial charge in [0, 0.05) is 23.0 Å². The van der Waals surface area contributed by atoms with E-state index >= 15 is 0 Å². The number of aromatic nitrogens is 1. The summed E-state index contributed by atoms with van der Waals surface area (Å²) < 4.78 is 5.37. The van der Waals surface area contributed by atoms with Crippen molar-refractivity contribution in [1.29, 1.82) is 0 Å². The Morgan fingerprint density at radius 3 is 2.79 bits per heavy atom. The van der Waals surface area contributed by atoms with Crippen molar-refractivity contribution in [3.05, 3.63) is 65.4 Å². The number of imide groups is 1. The molecule has 1 aliphatic heterocycles. The van der Waals surface area contributed by atoms with Crippen LogP contribution in [-0.2, 0) is 22.6 Å². The maximum absolute atomic E-state index is 12.8. The molecule has 3 N–H and O–H groups in total. The molecule has 2 atom stereocenters. The van der Waals surface area contributed by atoms with Gasteiger partial charge in [0.15, 0.2) is 0 Å². The predicted molar refractivity (Wildman–Crippen MR) is 127 cm³/mol. The summed E-state index contributed by atoms with van der Waals surface area (Å²) in [5.74, 6) is 0.397. The Morgan fingerprint density at radius 2 is 2.00 bits per heavy atom. The van der Waals surface area contributed by atoms with Crippen LogP contribution in [0.2, 0.25) is 0 Å². The van der Waals surface area contributed by atoms with E-state index in [1.807, 2.05) is 48.5 Å². The Morgan fingerprint density at radius 1 is 1.18 bits per heavy atom. The molecule has 1 fully saturated rings. The summed E-state index contributed by atoms with van der Waals surface area (Å²) in [6.07, 6.45) is 3.22. The van der Waals surface area contributed by atoms with Gasteiger partial charge < -0.3 is 20.4 Å². The Kier molecular flexibility index (Phi) is 5.96.